The molecule has 0 amide bonds. The van der Waals surface area contributed by atoms with Gasteiger partial charge < -0.3 is 14.8 Å². The highest BCUT2D eigenvalue weighted by Crippen LogP contribution is 2.45. The number of ketones is 1. The van der Waals surface area contributed by atoms with E-state index in [1.54, 1.807) is 26.0 Å². The van der Waals surface area contributed by atoms with E-state index in [2.05, 4.69) is 5.32 Å². The number of methoxy groups -OCH3 is 1. The summed E-state index contributed by atoms with van der Waals surface area (Å²) in [6, 6.07) is 5.65. The zero-order valence-electron chi connectivity index (χ0n) is 16.9. The summed E-state index contributed by atoms with van der Waals surface area (Å²) in [5, 5.41) is 3.17. The van der Waals surface area contributed by atoms with Crippen molar-refractivity contribution in [2.75, 3.05) is 13.7 Å². The molecule has 0 spiro atoms. The van der Waals surface area contributed by atoms with E-state index in [-0.39, 0.29) is 23.9 Å². The van der Waals surface area contributed by atoms with Crippen molar-refractivity contribution in [3.63, 3.8) is 0 Å². The van der Waals surface area contributed by atoms with Crippen LogP contribution < -0.4 is 5.32 Å². The molecule has 1 aliphatic carbocycles. The average Bonchev–Trinajstić information content (AvgIpc) is 2.67. The minimum absolute atomic E-state index is 0.174. The number of Topliss-reactive ketones (excluding diaryl/α,β-unsaturated/α-hetero) is 1. The molecule has 0 aromatic heterocycles. The number of carbonyl (C=O) groups excluding carboxylic acids is 3. The van der Waals surface area contributed by atoms with Crippen molar-refractivity contribution in [1.29, 1.82) is 0 Å². The molecule has 0 fully saturated rings. The molecule has 0 radical (unpaired) electrons. The van der Waals surface area contributed by atoms with Gasteiger partial charge in [-0.05, 0) is 43.9 Å². The summed E-state index contributed by atoms with van der Waals surface area (Å²) in [5.74, 6) is -3.93. The number of hydrogen-bond donors (Lipinski definition) is 1. The van der Waals surface area contributed by atoms with Gasteiger partial charge in [-0.2, -0.15) is 0 Å². The number of carbonyl (C=O) groups is 3. The Kier molecular flexibility index (Phi) is 5.86. The maximum absolute atomic E-state index is 13.5. The first-order valence-corrected chi connectivity index (χ1v) is 9.55. The highest BCUT2D eigenvalue weighted by molar-refractivity contribution is 6.12. The van der Waals surface area contributed by atoms with E-state index in [0.29, 0.717) is 29.0 Å². The summed E-state index contributed by atoms with van der Waals surface area (Å²) < 4.78 is 23.6. The third-order valence-electron chi connectivity index (χ3n) is 5.44. The number of dihydropyridines is 1. The van der Waals surface area contributed by atoms with Crippen LogP contribution in [0.2, 0.25) is 0 Å². The Morgan fingerprint density at radius 3 is 2.48 bits per heavy atom. The molecule has 0 saturated heterocycles. The topological polar surface area (TPSA) is 81.7 Å². The van der Waals surface area contributed by atoms with E-state index in [1.165, 1.54) is 19.2 Å². The van der Waals surface area contributed by atoms with E-state index >= 15 is 0 Å². The van der Waals surface area contributed by atoms with Crippen LogP contribution >= 0.6 is 0 Å². The third-order valence-corrected chi connectivity index (χ3v) is 5.44. The SMILES string of the molecule is CCOC(=O)C1=C(C)NC2=C(C(=O)C(C(=O)OC)C(C)C2)C1c1ccc(F)cc1. The number of halogens is 1. The first-order valence-electron chi connectivity index (χ1n) is 9.55. The Morgan fingerprint density at radius 2 is 1.90 bits per heavy atom. The average molecular weight is 401 g/mol. The Labute approximate surface area is 168 Å². The van der Waals surface area contributed by atoms with Gasteiger partial charge in [-0.25, -0.2) is 9.18 Å². The van der Waals surface area contributed by atoms with Crippen LogP contribution in [0.15, 0.2) is 46.8 Å². The molecule has 3 unspecified atom stereocenters. The molecule has 1 aromatic rings. The maximum atomic E-state index is 13.5. The van der Waals surface area contributed by atoms with Gasteiger partial charge in [0.15, 0.2) is 5.78 Å². The molecular formula is C22H24FNO5. The lowest BCUT2D eigenvalue weighted by molar-refractivity contribution is -0.151. The van der Waals surface area contributed by atoms with Crippen LogP contribution in [0.4, 0.5) is 4.39 Å². The lowest BCUT2D eigenvalue weighted by Crippen LogP contribution is -2.43. The van der Waals surface area contributed by atoms with Crippen molar-refractivity contribution in [3.05, 3.63) is 58.2 Å². The largest absolute Gasteiger partial charge is 0.468 e. The quantitative estimate of drug-likeness (QED) is 0.617. The Bertz CT molecular complexity index is 916. The van der Waals surface area contributed by atoms with Gasteiger partial charge in [-0.3, -0.25) is 9.59 Å². The van der Waals surface area contributed by atoms with Crippen molar-refractivity contribution in [2.24, 2.45) is 11.8 Å². The van der Waals surface area contributed by atoms with Crippen molar-refractivity contribution in [1.82, 2.24) is 5.32 Å². The monoisotopic (exact) mass is 401 g/mol. The van der Waals surface area contributed by atoms with Crippen LogP contribution in [0.5, 0.6) is 0 Å². The summed E-state index contributed by atoms with van der Waals surface area (Å²) in [6.45, 7) is 5.43. The molecule has 0 saturated carbocycles. The normalized spacial score (nSPS) is 24.0. The van der Waals surface area contributed by atoms with Gasteiger partial charge >= 0.3 is 11.9 Å². The van der Waals surface area contributed by atoms with Crippen molar-refractivity contribution in [3.8, 4) is 0 Å². The van der Waals surface area contributed by atoms with Gasteiger partial charge in [-0.1, -0.05) is 19.1 Å². The molecule has 1 heterocycles. The van der Waals surface area contributed by atoms with Crippen LogP contribution in [-0.4, -0.2) is 31.4 Å². The van der Waals surface area contributed by atoms with Gasteiger partial charge in [0.05, 0.1) is 19.3 Å². The number of ether oxygens (including phenoxy) is 2. The second-order valence-electron chi connectivity index (χ2n) is 7.31. The standard InChI is InChI=1S/C22H24FNO5/c1-5-29-22(27)17-12(3)24-15-10-11(2)16(21(26)28-4)20(25)19(15)18(17)13-6-8-14(23)9-7-13/h6-9,11,16,18,24H,5,10H2,1-4H3. The van der Waals surface area contributed by atoms with Crippen LogP contribution in [-0.2, 0) is 23.9 Å². The molecule has 3 atom stereocenters. The van der Waals surface area contributed by atoms with Gasteiger partial charge in [0.2, 0.25) is 0 Å². The number of allylic oxidation sites excluding steroid dienone is 3. The molecular weight excluding hydrogens is 377 g/mol. The van der Waals surface area contributed by atoms with Crippen molar-refractivity contribution in [2.45, 2.75) is 33.1 Å². The smallest absolute Gasteiger partial charge is 0.336 e. The summed E-state index contributed by atoms with van der Waals surface area (Å²) in [4.78, 5) is 38.5. The molecule has 2 aliphatic rings. The lowest BCUT2D eigenvalue weighted by atomic mass is 9.69. The van der Waals surface area contributed by atoms with Gasteiger partial charge in [-0.15, -0.1) is 0 Å². The van der Waals surface area contributed by atoms with Crippen LogP contribution in [0.3, 0.4) is 0 Å². The Hall–Kier alpha value is -2.96. The minimum Gasteiger partial charge on any atom is -0.468 e. The second-order valence-corrected chi connectivity index (χ2v) is 7.31. The number of benzene rings is 1. The number of esters is 2. The summed E-state index contributed by atoms with van der Waals surface area (Å²) >= 11 is 0. The van der Waals surface area contributed by atoms with Crippen LogP contribution in [0, 0.1) is 17.7 Å². The first kappa shape index (κ1) is 20.8. The van der Waals surface area contributed by atoms with E-state index < -0.39 is 29.6 Å². The predicted octanol–water partition coefficient (Wildman–Crippen LogP) is 3.00. The zero-order valence-corrected chi connectivity index (χ0v) is 16.9. The highest BCUT2D eigenvalue weighted by atomic mass is 19.1. The minimum atomic E-state index is -0.953. The Balaban J connectivity index is 2.18. The highest BCUT2D eigenvalue weighted by Gasteiger charge is 2.47. The molecule has 3 rings (SSSR count). The lowest BCUT2D eigenvalue weighted by Gasteiger charge is -2.38. The molecule has 1 N–H and O–H groups in total. The molecule has 7 heteroatoms. The summed E-state index contributed by atoms with van der Waals surface area (Å²) in [6.07, 6.45) is 0.450. The van der Waals surface area contributed by atoms with E-state index in [4.69, 9.17) is 9.47 Å². The maximum Gasteiger partial charge on any atom is 0.336 e. The van der Waals surface area contributed by atoms with Gasteiger partial charge in [0.25, 0.3) is 0 Å². The molecule has 0 bridgehead atoms. The number of nitrogens with one attached hydrogen (secondary N) is 1. The number of hydrogen-bond acceptors (Lipinski definition) is 6. The molecule has 1 aromatic carbocycles. The fraction of sp³-hybridized carbons (Fsp3) is 0.409. The van der Waals surface area contributed by atoms with Crippen LogP contribution in [0.25, 0.3) is 0 Å². The van der Waals surface area contributed by atoms with Gasteiger partial charge in [0, 0.05) is 22.9 Å². The number of rotatable bonds is 4. The molecule has 1 aliphatic heterocycles. The van der Waals surface area contributed by atoms with E-state index in [1.807, 2.05) is 6.92 Å². The third kappa shape index (κ3) is 3.69. The predicted molar refractivity (Wildman–Crippen MR) is 103 cm³/mol. The second kappa shape index (κ2) is 8.19. The molecule has 29 heavy (non-hydrogen) atoms. The first-order chi connectivity index (χ1) is 13.8. The zero-order chi connectivity index (χ0) is 21.3. The van der Waals surface area contributed by atoms with Crippen molar-refractivity contribution >= 4 is 17.7 Å². The van der Waals surface area contributed by atoms with E-state index in [0.717, 1.165) is 0 Å². The fourth-order valence-corrected chi connectivity index (χ4v) is 4.15. The molecule has 6 nitrogen and oxygen atoms in total. The van der Waals surface area contributed by atoms with E-state index in [9.17, 15) is 18.8 Å². The van der Waals surface area contributed by atoms with Crippen molar-refractivity contribution < 1.29 is 28.2 Å². The fourth-order valence-electron chi connectivity index (χ4n) is 4.15. The summed E-state index contributed by atoms with van der Waals surface area (Å²) in [7, 11) is 1.25. The summed E-state index contributed by atoms with van der Waals surface area (Å²) in [5.41, 5.74) is 2.44. The Morgan fingerprint density at radius 1 is 1.24 bits per heavy atom. The van der Waals surface area contributed by atoms with Crippen LogP contribution in [0.1, 0.15) is 38.7 Å². The molecule has 154 valence electrons. The van der Waals surface area contributed by atoms with Gasteiger partial charge in [0.1, 0.15) is 11.7 Å².